The van der Waals surface area contributed by atoms with E-state index < -0.39 is 0 Å². The molecule has 1 aliphatic carbocycles. The molecule has 3 rings (SSSR count). The summed E-state index contributed by atoms with van der Waals surface area (Å²) in [5.74, 6) is -0.321. The van der Waals surface area contributed by atoms with Crippen LogP contribution in [-0.4, -0.2) is 14.5 Å². The third-order valence-electron chi connectivity index (χ3n) is 3.79. The van der Waals surface area contributed by atoms with Crippen LogP contribution in [0.4, 0.5) is 4.39 Å². The maximum Gasteiger partial charge on any atom is 0.138 e. The van der Waals surface area contributed by atoms with Gasteiger partial charge in [0.25, 0.3) is 0 Å². The van der Waals surface area contributed by atoms with Crippen molar-refractivity contribution in [3.8, 4) is 0 Å². The molecule has 2 N–H and O–H groups in total. The minimum Gasteiger partial charge on any atom is -0.389 e. The van der Waals surface area contributed by atoms with Crippen LogP contribution in [0.2, 0.25) is 0 Å². The second-order valence-corrected chi connectivity index (χ2v) is 5.56. The Hall–Kier alpha value is -1.75. The number of fused-ring (bicyclic) bond motifs is 1. The Balaban J connectivity index is 1.94. The van der Waals surface area contributed by atoms with Crippen molar-refractivity contribution in [1.82, 2.24) is 9.55 Å². The van der Waals surface area contributed by atoms with Crippen molar-refractivity contribution in [2.24, 2.45) is 5.73 Å². The quantitative estimate of drug-likeness (QED) is 0.883. The third kappa shape index (κ3) is 2.33. The summed E-state index contributed by atoms with van der Waals surface area (Å²) in [6.07, 6.45) is 6.22. The van der Waals surface area contributed by atoms with E-state index in [0.717, 1.165) is 18.5 Å². The Morgan fingerprint density at radius 2 is 2.15 bits per heavy atom. The number of nitrogens with zero attached hydrogens (tertiary/aromatic N) is 2. The van der Waals surface area contributed by atoms with Crippen LogP contribution >= 0.6 is 12.2 Å². The van der Waals surface area contributed by atoms with Crippen molar-refractivity contribution >= 4 is 17.2 Å². The minimum absolute atomic E-state index is 0.0945. The van der Waals surface area contributed by atoms with Crippen LogP contribution < -0.4 is 5.73 Å². The molecule has 3 nitrogen and oxygen atoms in total. The first kappa shape index (κ1) is 13.2. The van der Waals surface area contributed by atoms with E-state index in [4.69, 9.17) is 18.0 Å². The molecule has 0 aliphatic heterocycles. The number of hydrogen-bond donors (Lipinski definition) is 1. The van der Waals surface area contributed by atoms with E-state index in [1.54, 1.807) is 18.2 Å². The molecule has 1 aliphatic rings. The zero-order valence-corrected chi connectivity index (χ0v) is 11.9. The molecule has 1 heterocycles. The summed E-state index contributed by atoms with van der Waals surface area (Å²) >= 11 is 4.87. The summed E-state index contributed by atoms with van der Waals surface area (Å²) in [5.41, 5.74) is 8.84. The first-order valence-electron chi connectivity index (χ1n) is 6.77. The Morgan fingerprint density at radius 1 is 1.35 bits per heavy atom. The van der Waals surface area contributed by atoms with E-state index in [0.29, 0.717) is 17.7 Å². The molecular weight excluding hydrogens is 273 g/mol. The summed E-state index contributed by atoms with van der Waals surface area (Å²) in [5, 5.41) is 0. The molecule has 0 spiro atoms. The number of benzene rings is 1. The largest absolute Gasteiger partial charge is 0.389 e. The number of nitrogens with two attached hydrogens (primary N) is 1. The molecule has 0 bridgehead atoms. The zero-order valence-electron chi connectivity index (χ0n) is 11.1. The molecular formula is C15H16FN3S. The molecule has 2 aromatic rings. The van der Waals surface area contributed by atoms with Crippen LogP contribution in [-0.2, 0) is 19.4 Å². The van der Waals surface area contributed by atoms with Gasteiger partial charge in [-0.05, 0) is 31.7 Å². The van der Waals surface area contributed by atoms with Gasteiger partial charge in [-0.25, -0.2) is 9.37 Å². The van der Waals surface area contributed by atoms with Gasteiger partial charge in [0.05, 0.1) is 18.6 Å². The fourth-order valence-electron chi connectivity index (χ4n) is 2.74. The summed E-state index contributed by atoms with van der Waals surface area (Å²) < 4.78 is 16.4. The monoisotopic (exact) mass is 289 g/mol. The van der Waals surface area contributed by atoms with E-state index in [2.05, 4.69) is 4.98 Å². The molecule has 0 atom stereocenters. The van der Waals surface area contributed by atoms with Crippen LogP contribution in [0.25, 0.3) is 0 Å². The Morgan fingerprint density at radius 3 is 2.95 bits per heavy atom. The number of hydrogen-bond acceptors (Lipinski definition) is 2. The summed E-state index contributed by atoms with van der Waals surface area (Å²) in [4.78, 5) is 4.52. The van der Waals surface area contributed by atoms with E-state index in [-0.39, 0.29) is 10.8 Å². The topological polar surface area (TPSA) is 43.8 Å². The van der Waals surface area contributed by atoms with Crippen LogP contribution in [0.15, 0.2) is 24.5 Å². The molecule has 0 radical (unpaired) electrons. The number of rotatable bonds is 3. The fourth-order valence-corrected chi connectivity index (χ4v) is 2.90. The summed E-state index contributed by atoms with van der Waals surface area (Å²) in [6.45, 7) is 0.477. The SMILES string of the molecule is NC(=S)c1cccc(Cn2cnc3c2CCCC3)c1F. The zero-order chi connectivity index (χ0) is 14.1. The van der Waals surface area contributed by atoms with Gasteiger partial charge in [0.15, 0.2) is 0 Å². The van der Waals surface area contributed by atoms with Gasteiger partial charge in [0.2, 0.25) is 0 Å². The summed E-state index contributed by atoms with van der Waals surface area (Å²) in [6, 6.07) is 5.17. The van der Waals surface area contributed by atoms with Crippen LogP contribution in [0.5, 0.6) is 0 Å². The van der Waals surface area contributed by atoms with Crippen LogP contribution in [0, 0.1) is 5.82 Å². The van der Waals surface area contributed by atoms with E-state index >= 15 is 0 Å². The lowest BCUT2D eigenvalue weighted by Crippen LogP contribution is -2.14. The van der Waals surface area contributed by atoms with E-state index in [1.807, 2.05) is 10.9 Å². The van der Waals surface area contributed by atoms with Gasteiger partial charge in [-0.1, -0.05) is 24.4 Å². The molecule has 0 saturated carbocycles. The molecule has 0 unspecified atom stereocenters. The molecule has 0 fully saturated rings. The number of thiocarbonyl (C=S) groups is 1. The minimum atomic E-state index is -0.321. The fraction of sp³-hybridized carbons (Fsp3) is 0.333. The van der Waals surface area contributed by atoms with Gasteiger partial charge in [-0.3, -0.25) is 0 Å². The van der Waals surface area contributed by atoms with Crippen LogP contribution in [0.3, 0.4) is 0 Å². The predicted octanol–water partition coefficient (Wildman–Crippen LogP) is 2.58. The first-order chi connectivity index (χ1) is 9.66. The lowest BCUT2D eigenvalue weighted by Gasteiger charge is -2.15. The smallest absolute Gasteiger partial charge is 0.138 e. The van der Waals surface area contributed by atoms with Gasteiger partial charge in [-0.15, -0.1) is 0 Å². The number of halogens is 1. The van der Waals surface area contributed by atoms with Crippen molar-refractivity contribution in [2.75, 3.05) is 0 Å². The Bertz CT molecular complexity index is 663. The van der Waals surface area contributed by atoms with Crippen molar-refractivity contribution in [3.63, 3.8) is 0 Å². The second kappa shape index (κ2) is 5.32. The lowest BCUT2D eigenvalue weighted by atomic mass is 10.0. The highest BCUT2D eigenvalue weighted by atomic mass is 32.1. The van der Waals surface area contributed by atoms with Crippen LogP contribution in [0.1, 0.15) is 35.4 Å². The van der Waals surface area contributed by atoms with Gasteiger partial charge >= 0.3 is 0 Å². The molecule has 0 saturated heterocycles. The highest BCUT2D eigenvalue weighted by molar-refractivity contribution is 7.80. The third-order valence-corrected chi connectivity index (χ3v) is 4.01. The van der Waals surface area contributed by atoms with Gasteiger partial charge in [0.1, 0.15) is 10.8 Å². The normalized spacial score (nSPS) is 14.1. The maximum absolute atomic E-state index is 14.3. The molecule has 104 valence electrons. The molecule has 1 aromatic carbocycles. The first-order valence-corrected chi connectivity index (χ1v) is 7.17. The maximum atomic E-state index is 14.3. The Kier molecular flexibility index (Phi) is 3.53. The van der Waals surface area contributed by atoms with Crippen molar-refractivity contribution in [3.05, 3.63) is 52.9 Å². The number of aryl methyl sites for hydroxylation is 1. The van der Waals surface area contributed by atoms with Crippen molar-refractivity contribution in [2.45, 2.75) is 32.2 Å². The van der Waals surface area contributed by atoms with Gasteiger partial charge < -0.3 is 10.3 Å². The average molecular weight is 289 g/mol. The van der Waals surface area contributed by atoms with Gasteiger partial charge in [0, 0.05) is 16.8 Å². The Labute approximate surface area is 122 Å². The molecule has 20 heavy (non-hydrogen) atoms. The standard InChI is InChI=1S/C15H16FN3S/c16-14-10(4-3-5-11(14)15(17)20)8-19-9-18-12-6-1-2-7-13(12)19/h3-5,9H,1-2,6-8H2,(H2,17,20). The lowest BCUT2D eigenvalue weighted by molar-refractivity contribution is 0.584. The summed E-state index contributed by atoms with van der Waals surface area (Å²) in [7, 11) is 0. The molecule has 0 amide bonds. The molecule has 1 aromatic heterocycles. The van der Waals surface area contributed by atoms with Crippen molar-refractivity contribution in [1.29, 1.82) is 0 Å². The number of imidazole rings is 1. The second-order valence-electron chi connectivity index (χ2n) is 5.12. The van der Waals surface area contributed by atoms with Gasteiger partial charge in [-0.2, -0.15) is 0 Å². The highest BCUT2D eigenvalue weighted by Crippen LogP contribution is 2.22. The van der Waals surface area contributed by atoms with Crippen molar-refractivity contribution < 1.29 is 4.39 Å². The van der Waals surface area contributed by atoms with E-state index in [9.17, 15) is 4.39 Å². The highest BCUT2D eigenvalue weighted by Gasteiger charge is 2.17. The van der Waals surface area contributed by atoms with E-state index in [1.165, 1.54) is 18.5 Å². The average Bonchev–Trinajstić information content (AvgIpc) is 2.84. The predicted molar refractivity (Wildman–Crippen MR) is 80.3 cm³/mol. The number of aromatic nitrogens is 2. The molecule has 5 heteroatoms.